The van der Waals surface area contributed by atoms with Gasteiger partial charge in [-0.2, -0.15) is 0 Å². The number of ether oxygens (including phenoxy) is 1. The smallest absolute Gasteiger partial charge is 0.146 e. The molecule has 1 aromatic heterocycles. The maximum atomic E-state index is 6.13. The molecule has 3 rings (SSSR count). The van der Waals surface area contributed by atoms with Crippen LogP contribution in [0.5, 0.6) is 0 Å². The molecule has 1 aliphatic heterocycles. The van der Waals surface area contributed by atoms with Gasteiger partial charge < -0.3 is 14.1 Å². The van der Waals surface area contributed by atoms with E-state index in [1.54, 1.807) is 0 Å². The molecule has 1 atom stereocenters. The molecule has 1 aromatic rings. The highest BCUT2D eigenvalue weighted by molar-refractivity contribution is 5.42. The third-order valence-electron chi connectivity index (χ3n) is 5.22. The lowest BCUT2D eigenvalue weighted by molar-refractivity contribution is -0.0591. The molecule has 1 fully saturated rings. The Hall–Kier alpha value is -1.06. The van der Waals surface area contributed by atoms with E-state index in [-0.39, 0.29) is 5.60 Å². The minimum atomic E-state index is -0.353. The van der Waals surface area contributed by atoms with E-state index < -0.39 is 0 Å². The number of rotatable bonds is 2. The first-order valence-corrected chi connectivity index (χ1v) is 7.59. The highest BCUT2D eigenvalue weighted by Gasteiger charge is 2.45. The second kappa shape index (κ2) is 5.05. The third-order valence-corrected chi connectivity index (χ3v) is 5.22. The fraction of sp³-hybridized carbons (Fsp3) is 0.647. The van der Waals surface area contributed by atoms with Crippen LogP contribution in [-0.2, 0) is 16.8 Å². The summed E-state index contributed by atoms with van der Waals surface area (Å²) in [6, 6.07) is 0. The molecular weight excluding hydrogens is 250 g/mol. The van der Waals surface area contributed by atoms with Crippen LogP contribution in [0.2, 0.25) is 0 Å². The fourth-order valence-corrected chi connectivity index (χ4v) is 3.75. The van der Waals surface area contributed by atoms with Crippen LogP contribution >= 0.6 is 0 Å². The van der Waals surface area contributed by atoms with Gasteiger partial charge in [0.2, 0.25) is 0 Å². The average molecular weight is 275 g/mol. The molecule has 3 heteroatoms. The van der Waals surface area contributed by atoms with Crippen LogP contribution in [0.4, 0.5) is 0 Å². The van der Waals surface area contributed by atoms with Crippen molar-refractivity contribution < 1.29 is 9.15 Å². The van der Waals surface area contributed by atoms with E-state index >= 15 is 0 Å². The molecule has 0 bridgehead atoms. The summed E-state index contributed by atoms with van der Waals surface area (Å²) in [5.41, 5.74) is 2.28. The molecule has 0 saturated carbocycles. The van der Waals surface area contributed by atoms with Gasteiger partial charge in [-0.15, -0.1) is 0 Å². The highest BCUT2D eigenvalue weighted by atomic mass is 16.5. The van der Waals surface area contributed by atoms with Gasteiger partial charge in [-0.25, -0.2) is 0 Å². The van der Waals surface area contributed by atoms with Crippen molar-refractivity contribution in [3.05, 3.63) is 34.8 Å². The van der Waals surface area contributed by atoms with Gasteiger partial charge in [-0.3, -0.25) is 0 Å². The van der Waals surface area contributed by atoms with Crippen LogP contribution in [0, 0.1) is 19.8 Å². The Labute approximate surface area is 121 Å². The third kappa shape index (κ3) is 1.95. The van der Waals surface area contributed by atoms with Crippen LogP contribution in [0.25, 0.3) is 0 Å². The summed E-state index contributed by atoms with van der Waals surface area (Å²) in [7, 11) is 4.02. The van der Waals surface area contributed by atoms with Crippen molar-refractivity contribution in [3.63, 3.8) is 0 Å². The van der Waals surface area contributed by atoms with Crippen molar-refractivity contribution >= 4 is 0 Å². The van der Waals surface area contributed by atoms with E-state index in [0.717, 1.165) is 43.9 Å². The number of nitrogens with zero attached hydrogens (tertiary/aromatic N) is 1. The Bertz CT molecular complexity index is 523. The predicted molar refractivity (Wildman–Crippen MR) is 79.9 cm³/mol. The Morgan fingerprint density at radius 1 is 1.30 bits per heavy atom. The zero-order valence-electron chi connectivity index (χ0n) is 13.0. The maximum absolute atomic E-state index is 6.13. The van der Waals surface area contributed by atoms with Crippen LogP contribution in [0.1, 0.15) is 35.5 Å². The van der Waals surface area contributed by atoms with Crippen LogP contribution < -0.4 is 0 Å². The molecule has 0 aromatic carbocycles. The van der Waals surface area contributed by atoms with Gasteiger partial charge in [-0.1, -0.05) is 6.08 Å². The second-order valence-electron chi connectivity index (χ2n) is 6.27. The quantitative estimate of drug-likeness (QED) is 0.775. The molecule has 3 nitrogen and oxygen atoms in total. The van der Waals surface area contributed by atoms with Gasteiger partial charge in [-0.05, 0) is 64.9 Å². The Morgan fingerprint density at radius 2 is 2.00 bits per heavy atom. The topological polar surface area (TPSA) is 25.6 Å². The summed E-state index contributed by atoms with van der Waals surface area (Å²) >= 11 is 0. The summed E-state index contributed by atoms with van der Waals surface area (Å²) < 4.78 is 12.2. The maximum Gasteiger partial charge on any atom is 0.146 e. The van der Waals surface area contributed by atoms with Gasteiger partial charge in [0, 0.05) is 18.6 Å². The number of fused-ring (bicyclic) bond motifs is 1. The number of allylic oxidation sites excluding steroid dienone is 1. The van der Waals surface area contributed by atoms with Crippen molar-refractivity contribution in [2.24, 2.45) is 5.92 Å². The van der Waals surface area contributed by atoms with Crippen molar-refractivity contribution in [1.82, 2.24) is 4.90 Å². The van der Waals surface area contributed by atoms with Crippen molar-refractivity contribution in [2.45, 2.75) is 38.7 Å². The first kappa shape index (κ1) is 13.9. The van der Waals surface area contributed by atoms with Gasteiger partial charge in [0.25, 0.3) is 0 Å². The summed E-state index contributed by atoms with van der Waals surface area (Å²) in [5, 5.41) is 0. The molecule has 2 heterocycles. The fourth-order valence-electron chi connectivity index (χ4n) is 3.75. The van der Waals surface area contributed by atoms with Crippen LogP contribution in [-0.4, -0.2) is 32.1 Å². The molecule has 0 amide bonds. The Kier molecular flexibility index (Phi) is 3.51. The van der Waals surface area contributed by atoms with Gasteiger partial charge in [0.1, 0.15) is 17.1 Å². The van der Waals surface area contributed by atoms with E-state index in [1.165, 1.54) is 11.1 Å². The molecule has 0 N–H and O–H groups in total. The van der Waals surface area contributed by atoms with Crippen LogP contribution in [0.3, 0.4) is 0 Å². The number of piperidine rings is 1. The summed E-state index contributed by atoms with van der Waals surface area (Å²) in [6.07, 6.45) is 7.79. The molecule has 0 radical (unpaired) electrons. The monoisotopic (exact) mass is 275 g/mol. The van der Waals surface area contributed by atoms with E-state index in [9.17, 15) is 0 Å². The van der Waals surface area contributed by atoms with Crippen LogP contribution in [0.15, 0.2) is 16.6 Å². The Morgan fingerprint density at radius 3 is 2.65 bits per heavy atom. The average Bonchev–Trinajstić information content (AvgIpc) is 2.76. The normalized spacial score (nSPS) is 27.8. The number of methoxy groups -OCH3 is 1. The van der Waals surface area contributed by atoms with E-state index in [2.05, 4.69) is 37.9 Å². The van der Waals surface area contributed by atoms with E-state index in [4.69, 9.17) is 9.15 Å². The molecule has 1 saturated heterocycles. The summed E-state index contributed by atoms with van der Waals surface area (Å²) in [6.45, 7) is 6.49. The lowest BCUT2D eigenvalue weighted by atomic mass is 9.74. The van der Waals surface area contributed by atoms with E-state index in [0.29, 0.717) is 5.92 Å². The standard InChI is InChI=1S/C17H25NO2/c1-12-13(2)20-16-15(12)6-5-9-17(16,19-4)14-7-10-18(3)11-8-14/h5,9,14H,6-8,10-11H2,1-4H3. The first-order valence-electron chi connectivity index (χ1n) is 7.59. The molecule has 2 aliphatic rings. The minimum absolute atomic E-state index is 0.353. The zero-order valence-corrected chi connectivity index (χ0v) is 13.0. The molecule has 0 spiro atoms. The minimum Gasteiger partial charge on any atom is -0.462 e. The number of aryl methyl sites for hydroxylation is 1. The molecule has 110 valence electrons. The Balaban J connectivity index is 2.02. The summed E-state index contributed by atoms with van der Waals surface area (Å²) in [5.74, 6) is 2.60. The largest absolute Gasteiger partial charge is 0.462 e. The van der Waals surface area contributed by atoms with Gasteiger partial charge in [0.15, 0.2) is 0 Å². The number of likely N-dealkylation sites (tertiary alicyclic amines) is 1. The van der Waals surface area contributed by atoms with E-state index in [1.807, 2.05) is 7.11 Å². The molecule has 20 heavy (non-hydrogen) atoms. The van der Waals surface area contributed by atoms with Crippen molar-refractivity contribution in [3.8, 4) is 0 Å². The predicted octanol–water partition coefficient (Wildman–Crippen LogP) is 3.19. The van der Waals surface area contributed by atoms with Crippen molar-refractivity contribution in [2.75, 3.05) is 27.2 Å². The lowest BCUT2D eigenvalue weighted by Gasteiger charge is -2.42. The highest BCUT2D eigenvalue weighted by Crippen LogP contribution is 2.46. The number of hydrogen-bond acceptors (Lipinski definition) is 3. The number of hydrogen-bond donors (Lipinski definition) is 0. The summed E-state index contributed by atoms with van der Waals surface area (Å²) in [4.78, 5) is 2.39. The molecule has 1 aliphatic carbocycles. The SMILES string of the molecule is COC1(C2CCN(C)CC2)C=CCc2c1oc(C)c2C. The lowest BCUT2D eigenvalue weighted by Crippen LogP contribution is -2.43. The van der Waals surface area contributed by atoms with Crippen molar-refractivity contribution in [1.29, 1.82) is 0 Å². The second-order valence-corrected chi connectivity index (χ2v) is 6.27. The van der Waals surface area contributed by atoms with Gasteiger partial charge in [0.05, 0.1) is 0 Å². The molecule has 1 unspecified atom stereocenters. The molecular formula is C17H25NO2. The zero-order chi connectivity index (χ0) is 14.3. The van der Waals surface area contributed by atoms with Gasteiger partial charge >= 0.3 is 0 Å². The first-order chi connectivity index (χ1) is 9.58. The number of furan rings is 1.